The number of carbonyl (C=O) groups is 4. The van der Waals surface area contributed by atoms with Gasteiger partial charge in [0.2, 0.25) is 23.6 Å². The van der Waals surface area contributed by atoms with Crippen LogP contribution in [0.1, 0.15) is 87.5 Å². The van der Waals surface area contributed by atoms with Crippen molar-refractivity contribution in [3.63, 3.8) is 0 Å². The van der Waals surface area contributed by atoms with E-state index in [1.165, 1.54) is 0 Å². The lowest BCUT2D eigenvalue weighted by Gasteiger charge is -2.41. The van der Waals surface area contributed by atoms with Gasteiger partial charge in [-0.2, -0.15) is 0 Å². The second-order valence-corrected chi connectivity index (χ2v) is 13.0. The first-order valence-corrected chi connectivity index (χ1v) is 14.7. The fourth-order valence-corrected chi connectivity index (χ4v) is 5.85. The van der Waals surface area contributed by atoms with Crippen molar-refractivity contribution in [3.05, 3.63) is 11.6 Å². The van der Waals surface area contributed by atoms with Crippen LogP contribution in [0, 0.1) is 11.3 Å². The van der Waals surface area contributed by atoms with Crippen molar-refractivity contribution in [2.75, 3.05) is 27.2 Å². The minimum Gasteiger partial charge on any atom is -0.357 e. The smallest absolute Gasteiger partial charge is 0.249 e. The number of hydrogen-bond acceptors (Lipinski definition) is 5. The SMILES string of the molecule is CNC(=O)C1CCCN1C(=O)/C(C)=C/[C@H](C(C)C)N(C)C(=O)C(NC(=O)[C@H]1CCCCN1C(C)C)C(C)(C)C. The molecule has 2 rings (SSSR count). The van der Waals surface area contributed by atoms with Crippen LogP contribution in [0.3, 0.4) is 0 Å². The molecule has 39 heavy (non-hydrogen) atoms. The van der Waals surface area contributed by atoms with E-state index < -0.39 is 17.5 Å². The van der Waals surface area contributed by atoms with Crippen molar-refractivity contribution in [1.82, 2.24) is 25.3 Å². The normalized spacial score (nSPS) is 22.6. The Balaban J connectivity index is 2.27. The molecule has 222 valence electrons. The van der Waals surface area contributed by atoms with Gasteiger partial charge in [-0.15, -0.1) is 0 Å². The molecule has 0 saturated carbocycles. The van der Waals surface area contributed by atoms with Crippen LogP contribution in [0.25, 0.3) is 0 Å². The molecule has 2 heterocycles. The van der Waals surface area contributed by atoms with Crippen LogP contribution in [-0.2, 0) is 19.2 Å². The molecule has 4 amide bonds. The van der Waals surface area contributed by atoms with Crippen LogP contribution < -0.4 is 10.6 Å². The van der Waals surface area contributed by atoms with Crippen LogP contribution in [-0.4, -0.2) is 95.7 Å². The number of hydrogen-bond donors (Lipinski definition) is 2. The van der Waals surface area contributed by atoms with Crippen molar-refractivity contribution in [2.24, 2.45) is 11.3 Å². The third kappa shape index (κ3) is 8.05. The maximum atomic E-state index is 14.0. The molecule has 0 aromatic rings. The number of likely N-dealkylation sites (tertiary alicyclic amines) is 2. The zero-order valence-corrected chi connectivity index (χ0v) is 26.0. The molecule has 0 radical (unpaired) electrons. The molecule has 2 unspecified atom stereocenters. The lowest BCUT2D eigenvalue weighted by Crippen LogP contribution is -2.60. The number of amides is 4. The van der Waals surface area contributed by atoms with Gasteiger partial charge in [0.15, 0.2) is 0 Å². The second kappa shape index (κ2) is 13.8. The van der Waals surface area contributed by atoms with Gasteiger partial charge in [0.05, 0.1) is 12.1 Å². The lowest BCUT2D eigenvalue weighted by molar-refractivity contribution is -0.142. The predicted octanol–water partition coefficient (Wildman–Crippen LogP) is 2.95. The largest absolute Gasteiger partial charge is 0.357 e. The van der Waals surface area contributed by atoms with E-state index >= 15 is 0 Å². The van der Waals surface area contributed by atoms with E-state index in [1.54, 1.807) is 30.8 Å². The summed E-state index contributed by atoms with van der Waals surface area (Å²) in [7, 11) is 3.33. The Labute approximate surface area is 236 Å². The lowest BCUT2D eigenvalue weighted by atomic mass is 9.84. The standard InChI is InChI=1S/C30H53N5O4/c1-19(2)24(18-21(5)28(38)35-17-13-15-22(35)26(36)31-9)33(10)29(39)25(30(6,7)8)32-27(37)23-14-11-12-16-34(23)20(3)4/h18-20,22-25H,11-17H2,1-10H3,(H,31,36)(H,32,37)/b21-18+/t22?,23-,24-,25?/m1/s1. The Bertz CT molecular complexity index is 923. The summed E-state index contributed by atoms with van der Waals surface area (Å²) in [4.78, 5) is 58.6. The Morgan fingerprint density at radius 1 is 0.923 bits per heavy atom. The summed E-state index contributed by atoms with van der Waals surface area (Å²) < 4.78 is 0. The van der Waals surface area contributed by atoms with Gasteiger partial charge >= 0.3 is 0 Å². The van der Waals surface area contributed by atoms with Gasteiger partial charge in [-0.25, -0.2) is 0 Å². The van der Waals surface area contributed by atoms with E-state index in [4.69, 9.17) is 0 Å². The van der Waals surface area contributed by atoms with Crippen molar-refractivity contribution in [3.8, 4) is 0 Å². The Morgan fingerprint density at radius 3 is 2.08 bits per heavy atom. The molecule has 2 fully saturated rings. The highest BCUT2D eigenvalue weighted by atomic mass is 16.2. The van der Waals surface area contributed by atoms with E-state index in [-0.39, 0.29) is 47.7 Å². The number of piperidine rings is 1. The van der Waals surface area contributed by atoms with Gasteiger partial charge in [0.1, 0.15) is 12.1 Å². The molecule has 9 heteroatoms. The van der Waals surface area contributed by atoms with Crippen LogP contribution in [0.2, 0.25) is 0 Å². The van der Waals surface area contributed by atoms with Crippen LogP contribution in [0.15, 0.2) is 11.6 Å². The number of nitrogens with zero attached hydrogens (tertiary/aromatic N) is 3. The molecule has 0 aromatic heterocycles. The minimum atomic E-state index is -0.715. The average Bonchev–Trinajstić information content (AvgIpc) is 3.37. The summed E-state index contributed by atoms with van der Waals surface area (Å²) in [5, 5.41) is 5.77. The predicted molar refractivity (Wildman–Crippen MR) is 155 cm³/mol. The Kier molecular flexibility index (Phi) is 11.6. The number of rotatable bonds is 9. The van der Waals surface area contributed by atoms with E-state index in [2.05, 4.69) is 29.4 Å². The molecule has 0 spiro atoms. The topological polar surface area (TPSA) is 102 Å². The fraction of sp³-hybridized carbons (Fsp3) is 0.800. The monoisotopic (exact) mass is 547 g/mol. The molecule has 9 nitrogen and oxygen atoms in total. The molecule has 0 aliphatic carbocycles. The Hall–Kier alpha value is -2.42. The first-order chi connectivity index (χ1) is 18.1. The summed E-state index contributed by atoms with van der Waals surface area (Å²) in [5.74, 6) is -0.579. The average molecular weight is 548 g/mol. The highest BCUT2D eigenvalue weighted by molar-refractivity contribution is 5.97. The molecule has 2 aliphatic rings. The number of carbonyl (C=O) groups excluding carboxylic acids is 4. The van der Waals surface area contributed by atoms with Gasteiger partial charge in [-0.3, -0.25) is 24.1 Å². The maximum Gasteiger partial charge on any atom is 0.249 e. The molecule has 2 N–H and O–H groups in total. The third-order valence-electron chi connectivity index (χ3n) is 8.21. The molecule has 0 aromatic carbocycles. The van der Waals surface area contributed by atoms with Gasteiger partial charge in [-0.1, -0.05) is 47.1 Å². The molecule has 4 atom stereocenters. The summed E-state index contributed by atoms with van der Waals surface area (Å²) in [6.07, 6.45) is 6.14. The van der Waals surface area contributed by atoms with Crippen molar-refractivity contribution < 1.29 is 19.2 Å². The zero-order chi connectivity index (χ0) is 29.7. The quantitative estimate of drug-likeness (QED) is 0.432. The molecule has 2 saturated heterocycles. The summed E-state index contributed by atoms with van der Waals surface area (Å²) in [5.41, 5.74) is 0.000316. The van der Waals surface area contributed by atoms with E-state index in [0.717, 1.165) is 32.2 Å². The molecule has 2 aliphatic heterocycles. The number of nitrogens with one attached hydrogen (secondary N) is 2. The summed E-state index contributed by atoms with van der Waals surface area (Å²) in [6.45, 7) is 17.3. The first kappa shape index (κ1) is 32.8. The van der Waals surface area contributed by atoms with Crippen molar-refractivity contribution >= 4 is 23.6 Å². The molecular weight excluding hydrogens is 494 g/mol. The van der Waals surface area contributed by atoms with E-state index in [1.807, 2.05) is 40.7 Å². The van der Waals surface area contributed by atoms with E-state index in [9.17, 15) is 19.2 Å². The van der Waals surface area contributed by atoms with Crippen LogP contribution in [0.4, 0.5) is 0 Å². The number of likely N-dealkylation sites (N-methyl/N-ethyl adjacent to an activating group) is 2. The fourth-order valence-electron chi connectivity index (χ4n) is 5.85. The van der Waals surface area contributed by atoms with Crippen molar-refractivity contribution in [1.29, 1.82) is 0 Å². The maximum absolute atomic E-state index is 14.0. The van der Waals surface area contributed by atoms with Crippen molar-refractivity contribution in [2.45, 2.75) is 118 Å². The first-order valence-electron chi connectivity index (χ1n) is 14.7. The summed E-state index contributed by atoms with van der Waals surface area (Å²) >= 11 is 0. The van der Waals surface area contributed by atoms with Gasteiger partial charge in [0, 0.05) is 32.3 Å². The Morgan fingerprint density at radius 2 is 1.54 bits per heavy atom. The second-order valence-electron chi connectivity index (χ2n) is 13.0. The van der Waals surface area contributed by atoms with E-state index in [0.29, 0.717) is 18.5 Å². The van der Waals surface area contributed by atoms with Gasteiger partial charge in [0.25, 0.3) is 0 Å². The molecular formula is C30H53N5O4. The highest BCUT2D eigenvalue weighted by Crippen LogP contribution is 2.26. The zero-order valence-electron chi connectivity index (χ0n) is 26.0. The van der Waals surface area contributed by atoms with Gasteiger partial charge in [-0.05, 0) is 64.3 Å². The van der Waals surface area contributed by atoms with Gasteiger partial charge < -0.3 is 20.4 Å². The van der Waals surface area contributed by atoms with Crippen LogP contribution >= 0.6 is 0 Å². The summed E-state index contributed by atoms with van der Waals surface area (Å²) in [6, 6.07) is -1.52. The third-order valence-corrected chi connectivity index (χ3v) is 8.21. The van der Waals surface area contributed by atoms with Crippen LogP contribution in [0.5, 0.6) is 0 Å². The molecule has 0 bridgehead atoms. The minimum absolute atomic E-state index is 0.0288. The highest BCUT2D eigenvalue weighted by Gasteiger charge is 2.40.